The molecule has 42 nitrogen and oxygen atoms in total. The normalized spacial score (nSPS) is 16.9. The number of aromatic nitrogens is 1. The summed E-state index contributed by atoms with van der Waals surface area (Å²) in [5.41, 5.74) is 16.5. The van der Waals surface area contributed by atoms with Gasteiger partial charge in [-0.15, -0.1) is 0 Å². The highest BCUT2D eigenvalue weighted by Crippen LogP contribution is 2.35. The standard InChI is InChI=1S/C59H87N19O23/c1-25(48(88)66-26(2)49(89)68-28(4)52(92)74-33-10-8-18-77(101)58(33)98)67-50(90)27(3)69-55(95)35(24-79)75-54(94)32(11-12-40(61)82)73-57(97)45(46(87)59(99)100)76-44(86)23-64-43(85)22-65-53(93)31(9-6-7-16-60)72-51(91)29(5)70-56(96)36-15-17-63-47-34(71-42(84)14-13-41(62)83)19-30-20-38(80)39(81)21-37(30)78(36)47/h19-21,25-29,31-33,35-36,45-46,79,87,101H,6-18,22-24,60H2,1-5H3,(H20,61,62,63,64,65,66,67,68,69,70,71,72,73,74,75,76,80,81,82,83,84,85,86,88,89,90,91,92,93,94,95,96,97,99,100)/p+1/t25-,26-,27+,28+,29-,31-,32-,33+,35-,36-,45-,46-/m1/s1. The first-order chi connectivity index (χ1) is 47.5. The number of pyridine rings is 1. The number of unbranched alkanes of at least 4 members (excludes halogenated alkanes) is 1. The van der Waals surface area contributed by atoms with E-state index in [0.29, 0.717) is 17.9 Å². The lowest BCUT2D eigenvalue weighted by Crippen LogP contribution is -2.62. The Kier molecular flexibility index (Phi) is 31.7. The lowest BCUT2D eigenvalue weighted by Gasteiger charge is -2.29. The summed E-state index contributed by atoms with van der Waals surface area (Å²) < 4.78 is 1.43. The molecule has 0 aliphatic carbocycles. The maximum Gasteiger partial charge on any atom is 0.335 e. The Morgan fingerprint density at radius 1 is 0.594 bits per heavy atom. The molecule has 556 valence electrons. The van der Waals surface area contributed by atoms with E-state index >= 15 is 0 Å². The Hall–Kier alpha value is -11.1. The molecule has 1 aromatic heterocycles. The summed E-state index contributed by atoms with van der Waals surface area (Å²) in [7, 11) is 0. The van der Waals surface area contributed by atoms with Crippen LogP contribution in [-0.4, -0.2) is 242 Å². The van der Waals surface area contributed by atoms with Gasteiger partial charge in [0.25, 0.3) is 17.6 Å². The van der Waals surface area contributed by atoms with Crippen LogP contribution in [0.15, 0.2) is 18.2 Å². The summed E-state index contributed by atoms with van der Waals surface area (Å²) in [6, 6.07) is -12.8. The van der Waals surface area contributed by atoms with Crippen LogP contribution in [-0.2, 0) is 81.5 Å². The fraction of sp³-hybridized carbons (Fsp3) is 0.559. The molecule has 1 aromatic carbocycles. The number of fused-ring (bicyclic) bond motifs is 3. The first kappa shape index (κ1) is 82.3. The minimum atomic E-state index is -2.77. The highest BCUT2D eigenvalue weighted by Gasteiger charge is 2.40. The number of nitrogens with two attached hydrogens (primary N) is 3. The Morgan fingerprint density at radius 3 is 1.70 bits per heavy atom. The molecule has 4 rings (SSSR count). The zero-order valence-corrected chi connectivity index (χ0v) is 55.7. The summed E-state index contributed by atoms with van der Waals surface area (Å²) in [6.45, 7) is 3.50. The van der Waals surface area contributed by atoms with E-state index in [1.807, 2.05) is 10.6 Å². The minimum Gasteiger partial charge on any atom is -0.504 e. The molecule has 26 N–H and O–H groups in total. The van der Waals surface area contributed by atoms with Crippen molar-refractivity contribution in [2.24, 2.45) is 17.2 Å². The van der Waals surface area contributed by atoms with Crippen molar-refractivity contribution in [2.75, 3.05) is 50.0 Å². The van der Waals surface area contributed by atoms with Gasteiger partial charge in [-0.2, -0.15) is 0 Å². The maximum atomic E-state index is 14.1. The number of piperidine rings is 1. The van der Waals surface area contributed by atoms with Crippen LogP contribution < -0.4 is 96.2 Å². The second-order valence-corrected chi connectivity index (χ2v) is 23.7. The van der Waals surface area contributed by atoms with E-state index in [2.05, 4.69) is 63.8 Å². The molecule has 0 saturated carbocycles. The van der Waals surface area contributed by atoms with Gasteiger partial charge in [0, 0.05) is 43.7 Å². The van der Waals surface area contributed by atoms with Crippen LogP contribution in [0.2, 0.25) is 0 Å². The Bertz CT molecular complexity index is 3490. The van der Waals surface area contributed by atoms with Crippen LogP contribution in [0.4, 0.5) is 11.5 Å². The highest BCUT2D eigenvalue weighted by molar-refractivity contribution is 6.01. The fourth-order valence-electron chi connectivity index (χ4n) is 9.92. The van der Waals surface area contributed by atoms with E-state index < -0.39 is 217 Å². The molecule has 0 unspecified atom stereocenters. The van der Waals surface area contributed by atoms with E-state index in [0.717, 1.165) is 6.92 Å². The lowest BCUT2D eigenvalue weighted by molar-refractivity contribution is -0.674. The number of primary amides is 2. The second kappa shape index (κ2) is 38.9. The average Bonchev–Trinajstić information content (AvgIpc) is 0.749. The van der Waals surface area contributed by atoms with Crippen LogP contribution in [0.1, 0.15) is 105 Å². The molecule has 42 heteroatoms. The van der Waals surface area contributed by atoms with Gasteiger partial charge in [0.2, 0.25) is 82.7 Å². The fourth-order valence-corrected chi connectivity index (χ4v) is 9.92. The molecule has 101 heavy (non-hydrogen) atoms. The Labute approximate surface area is 575 Å². The van der Waals surface area contributed by atoms with Crippen molar-refractivity contribution in [3.8, 4) is 11.5 Å². The number of rotatable bonds is 38. The highest BCUT2D eigenvalue weighted by atomic mass is 16.5. The molecular weight excluding hydrogens is 1340 g/mol. The van der Waals surface area contributed by atoms with Crippen molar-refractivity contribution in [3.63, 3.8) is 0 Å². The predicted molar refractivity (Wildman–Crippen MR) is 345 cm³/mol. The summed E-state index contributed by atoms with van der Waals surface area (Å²) in [4.78, 5) is 220. The van der Waals surface area contributed by atoms with Gasteiger partial charge in [0.05, 0.1) is 26.2 Å². The molecule has 1 fully saturated rings. The first-order valence-corrected chi connectivity index (χ1v) is 31.8. The number of hydroxylamine groups is 2. The van der Waals surface area contributed by atoms with Gasteiger partial charge in [-0.05, 0) is 91.8 Å². The van der Waals surface area contributed by atoms with Crippen LogP contribution in [0.3, 0.4) is 0 Å². The van der Waals surface area contributed by atoms with Crippen molar-refractivity contribution in [3.05, 3.63) is 18.2 Å². The topological polar surface area (TPSA) is 665 Å². The number of anilines is 2. The van der Waals surface area contributed by atoms with Gasteiger partial charge in [0.1, 0.15) is 71.6 Å². The van der Waals surface area contributed by atoms with Gasteiger partial charge in [0.15, 0.2) is 23.6 Å². The molecule has 2 aromatic rings. The van der Waals surface area contributed by atoms with E-state index in [1.54, 1.807) is 0 Å². The van der Waals surface area contributed by atoms with Crippen LogP contribution in [0, 0.1) is 0 Å². The molecule has 0 bridgehead atoms. The molecule has 2 aliphatic rings. The number of carbonyl (C=O) groups excluding carboxylic acids is 16. The van der Waals surface area contributed by atoms with Gasteiger partial charge in [-0.3, -0.25) is 87.2 Å². The molecular formula is C59H88N19O23+. The SMILES string of the molecule is C[C@H](NC(=O)[C@@H](C)NC(=O)[C@@H](C)NC(=O)[C@H](C)NC(=O)[C@@H](CO)NC(=O)[C@@H](CCC(N)=O)NC(=O)[C@H](NC(=O)CNC(=O)CNC(=O)[C@@H](CCCCN)NC(=O)[C@@H](C)NC(=O)[C@H]1CCNc2c(NC(=O)CCC(N)=O)cc3cc(O)c(O)cc3[n+]21)[C@@H](O)C(=O)O)C(=O)N[C@H]1CCCN(O)C1=O. The zero-order valence-electron chi connectivity index (χ0n) is 55.7. The molecule has 1 saturated heterocycles. The van der Waals surface area contributed by atoms with E-state index in [1.165, 1.54) is 50.5 Å². The molecule has 3 heterocycles. The largest absolute Gasteiger partial charge is 0.504 e. The summed E-state index contributed by atoms with van der Waals surface area (Å²) in [5, 5.41) is 94.2. The minimum absolute atomic E-state index is 0.0459. The lowest BCUT2D eigenvalue weighted by atomic mass is 10.0. The van der Waals surface area contributed by atoms with E-state index in [4.69, 9.17) is 17.2 Å². The smallest absolute Gasteiger partial charge is 0.335 e. The first-order valence-electron chi connectivity index (χ1n) is 31.8. The molecule has 2 aliphatic heterocycles. The number of carbonyl (C=O) groups is 17. The third-order valence-corrected chi connectivity index (χ3v) is 15.6. The van der Waals surface area contributed by atoms with Crippen molar-refractivity contribution in [2.45, 2.75) is 171 Å². The number of nitrogens with zero attached hydrogens (tertiary/aromatic N) is 2. The maximum absolute atomic E-state index is 14.1. The molecule has 12 atom stereocenters. The number of aliphatic hydroxyl groups excluding tert-OH is 2. The molecule has 0 radical (unpaired) electrons. The Morgan fingerprint density at radius 2 is 1.12 bits per heavy atom. The van der Waals surface area contributed by atoms with Gasteiger partial charge in [-0.25, -0.2) is 14.4 Å². The zero-order chi connectivity index (χ0) is 75.7. The van der Waals surface area contributed by atoms with Crippen LogP contribution in [0.5, 0.6) is 11.5 Å². The van der Waals surface area contributed by atoms with Crippen molar-refractivity contribution < 1.29 is 117 Å². The summed E-state index contributed by atoms with van der Waals surface area (Å²) >= 11 is 0. The summed E-state index contributed by atoms with van der Waals surface area (Å²) in [5.74, 6) is -18.8. The van der Waals surface area contributed by atoms with Crippen LogP contribution in [0.25, 0.3) is 10.9 Å². The number of benzene rings is 1. The third kappa shape index (κ3) is 25.0. The average molecular weight is 1430 g/mol. The van der Waals surface area contributed by atoms with Gasteiger partial charge in [-0.1, -0.05) is 0 Å². The predicted octanol–water partition coefficient (Wildman–Crippen LogP) is -9.88. The van der Waals surface area contributed by atoms with E-state index in [9.17, 15) is 112 Å². The number of aliphatic hydroxyl groups is 2. The van der Waals surface area contributed by atoms with Crippen molar-refractivity contribution >= 4 is 123 Å². The van der Waals surface area contributed by atoms with Gasteiger partial charge < -0.3 is 112 Å². The Balaban J connectivity index is 1.33. The number of amides is 16. The number of carboxylic acids is 1. The van der Waals surface area contributed by atoms with Crippen molar-refractivity contribution in [1.29, 1.82) is 0 Å². The number of carboxylic acid groups (broad SMARTS) is 1. The number of nitrogens with one attached hydrogen (secondary N) is 14. The van der Waals surface area contributed by atoms with Crippen LogP contribution >= 0.6 is 0 Å². The second-order valence-electron chi connectivity index (χ2n) is 23.7. The number of aliphatic carboxylic acids is 1. The number of phenols is 2. The summed E-state index contributed by atoms with van der Waals surface area (Å²) in [6.07, 6.45) is -3.35. The molecule has 0 spiro atoms. The number of hydrogen-bond donors (Lipinski definition) is 23. The van der Waals surface area contributed by atoms with E-state index in [-0.39, 0.29) is 80.6 Å². The number of aromatic hydroxyl groups is 2. The monoisotopic (exact) mass is 1430 g/mol. The number of phenolic OH excluding ortho intramolecular Hbond substituents is 2. The van der Waals surface area contributed by atoms with Crippen molar-refractivity contribution in [1.82, 2.24) is 68.9 Å². The quantitative estimate of drug-likeness (QED) is 0.0128. The number of hydrogen-bond acceptors (Lipinski definition) is 24. The van der Waals surface area contributed by atoms with Gasteiger partial charge >= 0.3 is 5.97 Å². The third-order valence-electron chi connectivity index (χ3n) is 15.6. The molecule has 16 amide bonds.